The molecule has 0 amide bonds. The summed E-state index contributed by atoms with van der Waals surface area (Å²) < 4.78 is 18.8. The number of rotatable bonds is 13. The van der Waals surface area contributed by atoms with Crippen molar-refractivity contribution in [2.45, 2.75) is 0 Å². The number of aromatic nitrogens is 9. The van der Waals surface area contributed by atoms with Gasteiger partial charge in [0.05, 0.1) is 0 Å². The zero-order valence-corrected chi connectivity index (χ0v) is 75.9. The summed E-state index contributed by atoms with van der Waals surface area (Å²) in [6.45, 7) is 0. The lowest BCUT2D eigenvalue weighted by atomic mass is 9.89. The van der Waals surface area contributed by atoms with E-state index in [0.29, 0.717) is 52.4 Å². The minimum Gasteiger partial charge on any atom is -0.456 e. The lowest BCUT2D eigenvalue weighted by Gasteiger charge is -2.15. The van der Waals surface area contributed by atoms with Crippen molar-refractivity contribution < 1.29 is 13.3 Å². The first-order valence-corrected chi connectivity index (χ1v) is 47.2. The fraction of sp³-hybridized carbons (Fsp3) is 0. The normalized spacial score (nSPS) is 11.5. The van der Waals surface area contributed by atoms with Gasteiger partial charge in [-0.15, -0.1) is 0 Å². The fourth-order valence-corrected chi connectivity index (χ4v) is 20.2. The first kappa shape index (κ1) is 82.5. The molecule has 28 aromatic rings. The molecule has 141 heavy (non-hydrogen) atoms. The molecule has 28 rings (SSSR count). The van der Waals surface area contributed by atoms with E-state index in [1.807, 2.05) is 200 Å². The highest BCUT2D eigenvalue weighted by atomic mass is 16.3. The van der Waals surface area contributed by atoms with Gasteiger partial charge >= 0.3 is 0 Å². The van der Waals surface area contributed by atoms with Gasteiger partial charge in [-0.3, -0.25) is 0 Å². The van der Waals surface area contributed by atoms with Crippen LogP contribution in [-0.2, 0) is 0 Å². The Labute approximate surface area is 809 Å². The summed E-state index contributed by atoms with van der Waals surface area (Å²) in [5.41, 5.74) is 22.8. The van der Waals surface area contributed by atoms with Crippen LogP contribution in [0.4, 0.5) is 0 Å². The molecule has 6 heterocycles. The maximum Gasteiger partial charge on any atom is 0.164 e. The van der Waals surface area contributed by atoms with Crippen LogP contribution in [0.1, 0.15) is 0 Å². The summed E-state index contributed by atoms with van der Waals surface area (Å²) in [5.74, 6) is 5.74. The Kier molecular flexibility index (Phi) is 20.6. The first-order chi connectivity index (χ1) is 69.9. The van der Waals surface area contributed by atoms with E-state index in [-0.39, 0.29) is 0 Å². The number of fused-ring (bicyclic) bond motifs is 18. The van der Waals surface area contributed by atoms with Crippen molar-refractivity contribution in [3.63, 3.8) is 0 Å². The highest BCUT2D eigenvalue weighted by Gasteiger charge is 2.26. The van der Waals surface area contributed by atoms with Gasteiger partial charge in [0.25, 0.3) is 0 Å². The molecule has 6 aromatic heterocycles. The van der Waals surface area contributed by atoms with E-state index < -0.39 is 0 Å². The van der Waals surface area contributed by atoms with Crippen LogP contribution < -0.4 is 0 Å². The lowest BCUT2D eigenvalue weighted by Crippen LogP contribution is -2.01. The van der Waals surface area contributed by atoms with Crippen molar-refractivity contribution in [1.82, 2.24) is 44.9 Å². The van der Waals surface area contributed by atoms with Gasteiger partial charge in [-0.25, -0.2) is 44.9 Å². The van der Waals surface area contributed by atoms with Gasteiger partial charge in [0, 0.05) is 82.4 Å². The zero-order valence-electron chi connectivity index (χ0n) is 75.9. The largest absolute Gasteiger partial charge is 0.456 e. The molecule has 0 bridgehead atoms. The van der Waals surface area contributed by atoms with Crippen LogP contribution >= 0.6 is 0 Å². The number of furan rings is 3. The summed E-state index contributed by atoms with van der Waals surface area (Å²) in [7, 11) is 0. The molecule has 0 aliphatic rings. The van der Waals surface area contributed by atoms with Gasteiger partial charge in [0.2, 0.25) is 0 Å². The fourth-order valence-electron chi connectivity index (χ4n) is 20.2. The molecule has 0 aliphatic carbocycles. The second-order valence-electron chi connectivity index (χ2n) is 35.2. The van der Waals surface area contributed by atoms with Crippen LogP contribution in [0.3, 0.4) is 0 Å². The predicted molar refractivity (Wildman–Crippen MR) is 577 cm³/mol. The minimum absolute atomic E-state index is 0.624. The highest BCUT2D eigenvalue weighted by Crippen LogP contribution is 2.49. The lowest BCUT2D eigenvalue weighted by molar-refractivity contribution is 0.668. The molecule has 0 N–H and O–H groups in total. The molecule has 658 valence electrons. The maximum absolute atomic E-state index is 6.29. The van der Waals surface area contributed by atoms with Gasteiger partial charge in [-0.1, -0.05) is 419 Å². The summed E-state index contributed by atoms with van der Waals surface area (Å²) >= 11 is 0. The molecule has 0 saturated carbocycles. The summed E-state index contributed by atoms with van der Waals surface area (Å²) in [5, 5.41) is 20.5. The van der Waals surface area contributed by atoms with Gasteiger partial charge in [0.1, 0.15) is 33.5 Å². The molecule has 0 saturated heterocycles. The molecule has 22 aromatic carbocycles. The Morgan fingerprint density at radius 3 is 0.780 bits per heavy atom. The van der Waals surface area contributed by atoms with Crippen molar-refractivity contribution in [2.24, 2.45) is 0 Å². The molecule has 0 atom stereocenters. The second-order valence-corrected chi connectivity index (χ2v) is 35.2. The SMILES string of the molecule is c1ccc(-c2nc(-c3ccc(-c4cccc5oc6ccccc6c45)cc3)nc(-c3ccc(-c4ccccc4)c4c3ccc3ccccc34)n2)cc1.c1ccc(-c2nc(-c3ccccc3)nc(-c3cc(-c4cccc5oc6ccccc6c45)cc4c3ccc3ccccc34)n2)cc1.c1ccc(-c2nc(-c3ccccc3)nc(-c3ccc(-c4cccc5oc6ccccc6c45)c4c3ccc3ccccc34)n2)cc1. The van der Waals surface area contributed by atoms with E-state index in [0.717, 1.165) is 176 Å². The Hall–Kier alpha value is -19.2. The summed E-state index contributed by atoms with van der Waals surface area (Å²) in [6, 6.07) is 165. The van der Waals surface area contributed by atoms with Gasteiger partial charge < -0.3 is 13.3 Å². The summed E-state index contributed by atoms with van der Waals surface area (Å²) in [4.78, 5) is 45.6. The number of hydrogen-bond donors (Lipinski definition) is 0. The predicted octanol–water partition coefficient (Wildman–Crippen LogP) is 33.9. The molecule has 12 nitrogen and oxygen atoms in total. The van der Waals surface area contributed by atoms with Gasteiger partial charge in [-0.2, -0.15) is 0 Å². The third-order valence-corrected chi connectivity index (χ3v) is 26.8. The van der Waals surface area contributed by atoms with Crippen LogP contribution in [-0.4, -0.2) is 44.9 Å². The quantitative estimate of drug-likeness (QED) is 0.101. The van der Waals surface area contributed by atoms with Crippen molar-refractivity contribution in [1.29, 1.82) is 0 Å². The molecule has 0 fully saturated rings. The standard InChI is InChI=1S/C47H29N3O.2C41H25N3O/c1-3-12-30(13-4-1)37-28-29-39(38-27-26-31-14-7-8-17-35(31)43(37)38)47-49-45(33-15-5-2-6-16-33)48-46(50-47)34-24-22-32(23-25-34)36-19-11-21-42-44(36)40-18-9-10-20-41(40)51-42;1-3-13-27(14-4-1)39-42-40(28-15-5-2-6-16-28)44-41(43-39)35-25-29(24-34-30-17-8-7-12-26(30)22-23-32(34)35)31-19-11-21-37-38(31)33-18-9-10-20-36(33)45-37;1-3-13-27(14-4-1)39-42-40(28-15-5-2-6-16-28)44-41(43-39)33-25-24-31(37-29-17-8-7-12-26(29)22-23-32(33)37)30-19-11-21-36-38(30)34-18-9-10-20-35(34)45-36/h1-29H;2*1-25H. The Morgan fingerprint density at radius 1 is 0.113 bits per heavy atom. The van der Waals surface area contributed by atoms with E-state index >= 15 is 0 Å². The van der Waals surface area contributed by atoms with E-state index in [4.69, 9.17) is 58.1 Å². The molecule has 0 spiro atoms. The average molecular weight is 1800 g/mol. The average Bonchev–Trinajstić information content (AvgIpc) is 1.68. The van der Waals surface area contributed by atoms with E-state index in [2.05, 4.69) is 279 Å². The molecule has 12 heteroatoms. The van der Waals surface area contributed by atoms with Crippen LogP contribution in [0.15, 0.2) is 492 Å². The first-order valence-electron chi connectivity index (χ1n) is 47.2. The Morgan fingerprint density at radius 2 is 0.369 bits per heavy atom. The maximum atomic E-state index is 6.29. The van der Waals surface area contributed by atoms with Crippen LogP contribution in [0.2, 0.25) is 0 Å². The molecular formula is C129H79N9O3. The smallest absolute Gasteiger partial charge is 0.164 e. The molecule has 0 aliphatic heterocycles. The third kappa shape index (κ3) is 15.1. The number of hydrogen-bond acceptors (Lipinski definition) is 12. The van der Waals surface area contributed by atoms with Gasteiger partial charge in [0.15, 0.2) is 52.4 Å². The summed E-state index contributed by atoms with van der Waals surface area (Å²) in [6.07, 6.45) is 0. The monoisotopic (exact) mass is 1800 g/mol. The minimum atomic E-state index is 0.624. The molecular weight excluding hydrogens is 1720 g/mol. The third-order valence-electron chi connectivity index (χ3n) is 26.8. The van der Waals surface area contributed by atoms with Crippen molar-refractivity contribution in [3.8, 4) is 147 Å². The topological polar surface area (TPSA) is 155 Å². The van der Waals surface area contributed by atoms with E-state index in [1.165, 1.54) is 48.8 Å². The molecule has 0 radical (unpaired) electrons. The Balaban J connectivity index is 0.000000109. The molecule has 0 unspecified atom stereocenters. The number of nitrogens with zero attached hydrogens (tertiary/aromatic N) is 9. The van der Waals surface area contributed by atoms with E-state index in [1.54, 1.807) is 0 Å². The highest BCUT2D eigenvalue weighted by molar-refractivity contribution is 6.24. The van der Waals surface area contributed by atoms with Crippen LogP contribution in [0.25, 0.3) is 277 Å². The second kappa shape index (κ2) is 35.3. The van der Waals surface area contributed by atoms with Gasteiger partial charge in [-0.05, 0) is 170 Å². The van der Waals surface area contributed by atoms with Crippen molar-refractivity contribution in [3.05, 3.63) is 479 Å². The zero-order chi connectivity index (χ0) is 93.2. The van der Waals surface area contributed by atoms with E-state index in [9.17, 15) is 0 Å². The van der Waals surface area contributed by atoms with Crippen molar-refractivity contribution in [2.75, 3.05) is 0 Å². The number of para-hydroxylation sites is 3. The van der Waals surface area contributed by atoms with Crippen molar-refractivity contribution >= 4 is 130 Å². The van der Waals surface area contributed by atoms with Crippen LogP contribution in [0.5, 0.6) is 0 Å². The van der Waals surface area contributed by atoms with Crippen LogP contribution in [0, 0.1) is 0 Å². The Bertz CT molecular complexity index is 9630. The number of benzene rings is 22.